The van der Waals surface area contributed by atoms with E-state index in [0.717, 1.165) is 16.7 Å². The van der Waals surface area contributed by atoms with Crippen molar-refractivity contribution < 1.29 is 18.0 Å². The predicted octanol–water partition coefficient (Wildman–Crippen LogP) is 3.39. The predicted molar refractivity (Wildman–Crippen MR) is 112 cm³/mol. The van der Waals surface area contributed by atoms with Gasteiger partial charge in [-0.3, -0.25) is 9.59 Å². The van der Waals surface area contributed by atoms with Gasteiger partial charge in [-0.15, -0.1) is 0 Å². The number of nitrogens with one attached hydrogen (secondary N) is 1. The van der Waals surface area contributed by atoms with E-state index in [9.17, 15) is 18.0 Å². The quantitative estimate of drug-likeness (QED) is 0.751. The first-order chi connectivity index (χ1) is 13.1. The van der Waals surface area contributed by atoms with Gasteiger partial charge < -0.3 is 10.2 Å². The monoisotopic (exact) mass is 464 g/mol. The Morgan fingerprint density at radius 1 is 1.18 bits per heavy atom. The molecule has 2 amide bonds. The van der Waals surface area contributed by atoms with Gasteiger partial charge in [-0.1, -0.05) is 33.6 Å². The van der Waals surface area contributed by atoms with Crippen LogP contribution in [0.2, 0.25) is 0 Å². The molecule has 0 saturated carbocycles. The van der Waals surface area contributed by atoms with E-state index in [0.29, 0.717) is 28.8 Å². The molecule has 1 aliphatic heterocycles. The topological polar surface area (TPSA) is 83.6 Å². The number of sulfone groups is 1. The fourth-order valence-electron chi connectivity index (χ4n) is 3.41. The summed E-state index contributed by atoms with van der Waals surface area (Å²) < 4.78 is 26.7. The Labute approximate surface area is 173 Å². The summed E-state index contributed by atoms with van der Waals surface area (Å²) in [5, 5.41) is 2.67. The van der Waals surface area contributed by atoms with E-state index in [-0.39, 0.29) is 10.8 Å². The van der Waals surface area contributed by atoms with Gasteiger partial charge >= 0.3 is 0 Å². The van der Waals surface area contributed by atoms with Crippen molar-refractivity contribution in [1.29, 1.82) is 0 Å². The smallest absolute Gasteiger partial charge is 0.239 e. The summed E-state index contributed by atoms with van der Waals surface area (Å²) in [6, 6.07) is 8.79. The molecule has 0 fully saturated rings. The lowest BCUT2D eigenvalue weighted by molar-refractivity contribution is -0.116. The second-order valence-electron chi connectivity index (χ2n) is 6.96. The van der Waals surface area contributed by atoms with E-state index in [1.807, 2.05) is 32.0 Å². The molecule has 1 N–H and O–H groups in total. The summed E-state index contributed by atoms with van der Waals surface area (Å²) in [4.78, 5) is 25.9. The molecule has 0 atom stereocenters. The molecule has 2 aromatic rings. The highest BCUT2D eigenvalue weighted by molar-refractivity contribution is 9.10. The maximum atomic E-state index is 13.0. The van der Waals surface area contributed by atoms with Crippen molar-refractivity contribution >= 4 is 49.0 Å². The van der Waals surface area contributed by atoms with E-state index >= 15 is 0 Å². The first-order valence-electron chi connectivity index (χ1n) is 8.79. The number of nitrogens with zero attached hydrogens (tertiary/aromatic N) is 1. The lowest BCUT2D eigenvalue weighted by Crippen LogP contribution is -2.29. The molecule has 3 rings (SSSR count). The summed E-state index contributed by atoms with van der Waals surface area (Å²) in [5.41, 5.74) is 3.65. The van der Waals surface area contributed by atoms with Gasteiger partial charge in [-0.25, -0.2) is 8.42 Å². The highest BCUT2D eigenvalue weighted by Gasteiger charge is 2.32. The van der Waals surface area contributed by atoms with Crippen molar-refractivity contribution in [3.63, 3.8) is 0 Å². The fourth-order valence-corrected chi connectivity index (χ4v) is 5.48. The van der Waals surface area contributed by atoms with Crippen LogP contribution in [0.25, 0.3) is 0 Å². The summed E-state index contributed by atoms with van der Waals surface area (Å²) in [5.74, 6) is -1.54. The number of rotatable bonds is 4. The Morgan fingerprint density at radius 3 is 2.54 bits per heavy atom. The van der Waals surface area contributed by atoms with Gasteiger partial charge in [0.1, 0.15) is 5.75 Å². The van der Waals surface area contributed by atoms with Crippen molar-refractivity contribution in [1.82, 2.24) is 0 Å². The second kappa shape index (κ2) is 7.67. The first-order valence-corrected chi connectivity index (χ1v) is 11.2. The van der Waals surface area contributed by atoms with Crippen molar-refractivity contribution in [3.8, 4) is 0 Å². The second-order valence-corrected chi connectivity index (χ2v) is 9.83. The summed E-state index contributed by atoms with van der Waals surface area (Å²) in [6.45, 7) is 5.62. The molecule has 1 aliphatic rings. The van der Waals surface area contributed by atoms with Gasteiger partial charge in [0.25, 0.3) is 0 Å². The lowest BCUT2D eigenvalue weighted by atomic mass is 10.1. The largest absolute Gasteiger partial charge is 0.325 e. The Bertz CT molecular complexity index is 1080. The van der Waals surface area contributed by atoms with E-state index in [1.165, 1.54) is 17.9 Å². The maximum absolute atomic E-state index is 13.0. The molecule has 148 valence electrons. The molecule has 0 saturated heterocycles. The third kappa shape index (κ3) is 4.12. The zero-order valence-electron chi connectivity index (χ0n) is 15.9. The standard InChI is InChI=1S/C20H21BrN2O4S/c1-12-4-5-17(13(2)8-12)22-19(25)11-28(26,27)18-10-16(21)9-15-6-7-23(14(3)24)20(15)18/h4-5,8-10H,6-7,11H2,1-3H3,(H,22,25). The number of carbonyl (C=O) groups excluding carboxylic acids is 2. The van der Waals surface area contributed by atoms with Crippen LogP contribution in [0, 0.1) is 13.8 Å². The summed E-state index contributed by atoms with van der Waals surface area (Å²) in [7, 11) is -3.95. The normalized spacial score (nSPS) is 13.4. The highest BCUT2D eigenvalue weighted by Crippen LogP contribution is 2.38. The van der Waals surface area contributed by atoms with Gasteiger partial charge in [-0.05, 0) is 49.6 Å². The van der Waals surface area contributed by atoms with Crippen LogP contribution >= 0.6 is 15.9 Å². The van der Waals surface area contributed by atoms with Crippen LogP contribution < -0.4 is 10.2 Å². The molecule has 0 bridgehead atoms. The van der Waals surface area contributed by atoms with Crippen LogP contribution in [0.3, 0.4) is 0 Å². The van der Waals surface area contributed by atoms with Crippen molar-refractivity contribution in [3.05, 3.63) is 51.5 Å². The number of fused-ring (bicyclic) bond motifs is 1. The Hall–Kier alpha value is -2.19. The average Bonchev–Trinajstić information content (AvgIpc) is 3.00. The zero-order chi connectivity index (χ0) is 20.6. The Balaban J connectivity index is 1.91. The molecule has 0 unspecified atom stereocenters. The number of hydrogen-bond donors (Lipinski definition) is 1. The minimum Gasteiger partial charge on any atom is -0.325 e. The SMILES string of the molecule is CC(=O)N1CCc2cc(Br)cc(S(=O)(=O)CC(=O)Nc3ccc(C)cc3C)c21. The molecule has 6 nitrogen and oxygen atoms in total. The molecule has 0 radical (unpaired) electrons. The number of carbonyl (C=O) groups is 2. The van der Waals surface area contributed by atoms with Crippen LogP contribution in [0.5, 0.6) is 0 Å². The van der Waals surface area contributed by atoms with Crippen molar-refractivity contribution in [2.75, 3.05) is 22.5 Å². The van der Waals surface area contributed by atoms with Gasteiger partial charge in [-0.2, -0.15) is 0 Å². The molecule has 28 heavy (non-hydrogen) atoms. The molecule has 1 heterocycles. The van der Waals surface area contributed by atoms with Crippen molar-refractivity contribution in [2.24, 2.45) is 0 Å². The number of amides is 2. The maximum Gasteiger partial charge on any atom is 0.239 e. The van der Waals surface area contributed by atoms with Gasteiger partial charge in [0.05, 0.1) is 10.6 Å². The van der Waals surface area contributed by atoms with Gasteiger partial charge in [0, 0.05) is 23.6 Å². The highest BCUT2D eigenvalue weighted by atomic mass is 79.9. The summed E-state index contributed by atoms with van der Waals surface area (Å²) in [6.07, 6.45) is 0.575. The number of halogens is 1. The van der Waals surface area contributed by atoms with Crippen LogP contribution in [0.15, 0.2) is 39.7 Å². The summed E-state index contributed by atoms with van der Waals surface area (Å²) >= 11 is 3.33. The minimum atomic E-state index is -3.95. The van der Waals surface area contributed by atoms with Gasteiger partial charge in [0.15, 0.2) is 9.84 Å². The Kier molecular flexibility index (Phi) is 5.63. The lowest BCUT2D eigenvalue weighted by Gasteiger charge is -2.19. The van der Waals surface area contributed by atoms with E-state index in [2.05, 4.69) is 21.2 Å². The molecular formula is C20H21BrN2O4S. The minimum absolute atomic E-state index is 0.000327. The van der Waals surface area contributed by atoms with Crippen LogP contribution in [0.4, 0.5) is 11.4 Å². The molecule has 0 aromatic heterocycles. The Morgan fingerprint density at radius 2 is 1.89 bits per heavy atom. The fraction of sp³-hybridized carbons (Fsp3) is 0.300. The number of hydrogen-bond acceptors (Lipinski definition) is 4. The van der Waals surface area contributed by atoms with E-state index in [1.54, 1.807) is 6.07 Å². The van der Waals surface area contributed by atoms with Crippen LogP contribution in [0.1, 0.15) is 23.6 Å². The zero-order valence-corrected chi connectivity index (χ0v) is 18.3. The number of aryl methyl sites for hydroxylation is 2. The van der Waals surface area contributed by atoms with Crippen LogP contribution in [-0.4, -0.2) is 32.5 Å². The third-order valence-corrected chi connectivity index (χ3v) is 6.77. The van der Waals surface area contributed by atoms with Crippen molar-refractivity contribution in [2.45, 2.75) is 32.1 Å². The van der Waals surface area contributed by atoms with Gasteiger partial charge in [0.2, 0.25) is 11.8 Å². The molecular weight excluding hydrogens is 444 g/mol. The molecule has 2 aromatic carbocycles. The van der Waals surface area contributed by atoms with E-state index < -0.39 is 21.5 Å². The molecule has 0 aliphatic carbocycles. The molecule has 8 heteroatoms. The average molecular weight is 465 g/mol. The molecule has 0 spiro atoms. The number of anilines is 2. The number of benzene rings is 2. The van der Waals surface area contributed by atoms with E-state index in [4.69, 9.17) is 0 Å². The first kappa shape index (κ1) is 20.5. The third-order valence-electron chi connectivity index (χ3n) is 4.69. The van der Waals surface area contributed by atoms with Crippen LogP contribution in [-0.2, 0) is 25.8 Å².